The van der Waals surface area contributed by atoms with Gasteiger partial charge in [0.25, 0.3) is 0 Å². The molecule has 0 bridgehead atoms. The maximum absolute atomic E-state index is 14.3. The third-order valence-corrected chi connectivity index (χ3v) is 10.2. The van der Waals surface area contributed by atoms with Crippen LogP contribution in [0.4, 0.5) is 0 Å². The Morgan fingerprint density at radius 1 is 0.828 bits per heavy atom. The summed E-state index contributed by atoms with van der Waals surface area (Å²) in [6.45, 7) is 4.56. The summed E-state index contributed by atoms with van der Waals surface area (Å²) in [5.41, 5.74) is 18.1. The van der Waals surface area contributed by atoms with Crippen molar-refractivity contribution in [1.29, 1.82) is 0 Å². The molecule has 0 aromatic heterocycles. The normalized spacial score (nSPS) is 23.4. The molecule has 322 valence electrons. The Hall–Kier alpha value is -5.07. The first-order valence-electron chi connectivity index (χ1n) is 20.3. The van der Waals surface area contributed by atoms with E-state index in [9.17, 15) is 43.8 Å². The number of hydrogen-bond acceptors (Lipinski definition) is 11. The third-order valence-electron chi connectivity index (χ3n) is 10.2. The maximum atomic E-state index is 14.3. The van der Waals surface area contributed by atoms with Crippen LogP contribution >= 0.6 is 0 Å². The van der Waals surface area contributed by atoms with Crippen LogP contribution in [-0.4, -0.2) is 118 Å². The van der Waals surface area contributed by atoms with Gasteiger partial charge in [-0.2, -0.15) is 0 Å². The molecule has 2 aliphatic rings. The van der Waals surface area contributed by atoms with Gasteiger partial charge in [0.2, 0.25) is 35.4 Å². The SMILES string of the molecule is CC(C)C[C@H](NC(=O)[C@H](Cc1ccc(O)cc1)NC(=O)[C@H]1CCCN1C(=O)[C@@H]1C/C=C\C[C@H](N)C(=O)N[C@@H](CCCCN)C(=O)N[C@@H](CCCCN)C(=O)N1)C(=O)O. The van der Waals surface area contributed by atoms with Crippen molar-refractivity contribution in [3.05, 3.63) is 42.0 Å². The highest BCUT2D eigenvalue weighted by Crippen LogP contribution is 2.21. The van der Waals surface area contributed by atoms with E-state index in [0.29, 0.717) is 50.8 Å². The molecule has 58 heavy (non-hydrogen) atoms. The summed E-state index contributed by atoms with van der Waals surface area (Å²) < 4.78 is 0. The average molecular weight is 814 g/mol. The number of nitrogens with two attached hydrogens (primary N) is 3. The number of unbranched alkanes of at least 4 members (excludes halogenated alkanes) is 2. The van der Waals surface area contributed by atoms with Crippen LogP contribution in [0.15, 0.2) is 36.4 Å². The molecule has 2 heterocycles. The van der Waals surface area contributed by atoms with Crippen molar-refractivity contribution in [3.8, 4) is 5.75 Å². The zero-order valence-electron chi connectivity index (χ0n) is 33.6. The fourth-order valence-corrected chi connectivity index (χ4v) is 6.96. The van der Waals surface area contributed by atoms with E-state index in [2.05, 4.69) is 26.6 Å². The monoisotopic (exact) mass is 813 g/mol. The molecule has 0 unspecified atom stereocenters. The number of rotatable bonds is 18. The molecule has 18 nitrogen and oxygen atoms in total. The van der Waals surface area contributed by atoms with E-state index in [0.717, 1.165) is 0 Å². The van der Waals surface area contributed by atoms with Crippen molar-refractivity contribution in [2.75, 3.05) is 19.6 Å². The van der Waals surface area contributed by atoms with Gasteiger partial charge in [-0.1, -0.05) is 38.1 Å². The first kappa shape index (κ1) is 47.3. The predicted octanol–water partition coefficient (Wildman–Crippen LogP) is -0.584. The number of likely N-dealkylation sites (tertiary alicyclic amines) is 1. The number of nitrogens with zero attached hydrogens (tertiary/aromatic N) is 1. The molecule has 7 atom stereocenters. The van der Waals surface area contributed by atoms with Gasteiger partial charge in [-0.05, 0) is 107 Å². The highest BCUT2D eigenvalue weighted by atomic mass is 16.4. The number of nitrogens with one attached hydrogen (secondary N) is 5. The van der Waals surface area contributed by atoms with E-state index in [1.54, 1.807) is 24.3 Å². The topological polar surface area (TPSA) is 301 Å². The Bertz CT molecular complexity index is 1590. The standard InChI is InChI=1S/C40H63N9O9/c1-24(2)22-32(40(57)58)48-37(54)31(23-25-15-17-26(50)18-16-25)47-38(55)33-14-9-21-49(33)39(56)30-13-4-3-10-27(43)34(51)44-28(11-5-7-19-41)35(52)45-29(36(53)46-30)12-6-8-20-42/h3-4,15-18,24,27-33,50H,5-14,19-23,41-43H2,1-2H3,(H,44,51)(H,45,52)(H,46,53)(H,47,55)(H,48,54)(H,57,58)/b4-3-/t27-,28-,29-,30-,31-,32-,33+/m0/s1. The summed E-state index contributed by atoms with van der Waals surface area (Å²) in [4.78, 5) is 95.8. The first-order valence-corrected chi connectivity index (χ1v) is 20.3. The second-order valence-electron chi connectivity index (χ2n) is 15.5. The number of carboxylic acid groups (broad SMARTS) is 1. The highest BCUT2D eigenvalue weighted by molar-refractivity contribution is 5.97. The highest BCUT2D eigenvalue weighted by Gasteiger charge is 2.40. The number of carbonyl (C=O) groups is 7. The van der Waals surface area contributed by atoms with Crippen molar-refractivity contribution >= 4 is 41.4 Å². The zero-order valence-corrected chi connectivity index (χ0v) is 33.6. The van der Waals surface area contributed by atoms with Crippen molar-refractivity contribution < 1.29 is 43.8 Å². The quantitative estimate of drug-likeness (QED) is 0.0658. The second-order valence-corrected chi connectivity index (χ2v) is 15.5. The van der Waals surface area contributed by atoms with Gasteiger partial charge in [-0.25, -0.2) is 4.79 Å². The Morgan fingerprint density at radius 3 is 2.00 bits per heavy atom. The van der Waals surface area contributed by atoms with Gasteiger partial charge < -0.3 is 58.9 Å². The van der Waals surface area contributed by atoms with Crippen LogP contribution in [0.2, 0.25) is 0 Å². The summed E-state index contributed by atoms with van der Waals surface area (Å²) in [5.74, 6) is -4.99. The van der Waals surface area contributed by atoms with Gasteiger partial charge in [-0.15, -0.1) is 0 Å². The lowest BCUT2D eigenvalue weighted by Crippen LogP contribution is -2.59. The smallest absolute Gasteiger partial charge is 0.326 e. The van der Waals surface area contributed by atoms with E-state index in [1.165, 1.54) is 17.0 Å². The van der Waals surface area contributed by atoms with Gasteiger partial charge in [0.15, 0.2) is 0 Å². The Labute approximate surface area is 339 Å². The van der Waals surface area contributed by atoms with Gasteiger partial charge in [0.05, 0.1) is 6.04 Å². The summed E-state index contributed by atoms with van der Waals surface area (Å²) in [6, 6.07) is -1.71. The van der Waals surface area contributed by atoms with E-state index < -0.39 is 83.7 Å². The summed E-state index contributed by atoms with van der Waals surface area (Å²) >= 11 is 0. The van der Waals surface area contributed by atoms with Crippen LogP contribution in [0.1, 0.15) is 90.0 Å². The molecule has 0 radical (unpaired) electrons. The fraction of sp³-hybridized carbons (Fsp3) is 0.625. The van der Waals surface area contributed by atoms with Crippen LogP contribution in [-0.2, 0) is 40.0 Å². The van der Waals surface area contributed by atoms with Crippen LogP contribution in [0.3, 0.4) is 0 Å². The van der Waals surface area contributed by atoms with E-state index >= 15 is 0 Å². The molecular formula is C40H63N9O9. The van der Waals surface area contributed by atoms with Gasteiger partial charge >= 0.3 is 5.97 Å². The Kier molecular flexibility index (Phi) is 19.6. The molecule has 1 fully saturated rings. The van der Waals surface area contributed by atoms with Crippen molar-refractivity contribution in [1.82, 2.24) is 31.5 Å². The molecule has 1 aromatic carbocycles. The van der Waals surface area contributed by atoms with Crippen molar-refractivity contribution in [2.45, 2.75) is 133 Å². The van der Waals surface area contributed by atoms with Crippen LogP contribution in [0.25, 0.3) is 0 Å². The summed E-state index contributed by atoms with van der Waals surface area (Å²) in [7, 11) is 0. The molecule has 1 saturated heterocycles. The molecule has 3 rings (SSSR count). The third kappa shape index (κ3) is 15.0. The van der Waals surface area contributed by atoms with E-state index in [1.807, 2.05) is 13.8 Å². The minimum absolute atomic E-state index is 0.00314. The van der Waals surface area contributed by atoms with Crippen molar-refractivity contribution in [3.63, 3.8) is 0 Å². The van der Waals surface area contributed by atoms with E-state index in [4.69, 9.17) is 17.2 Å². The zero-order chi connectivity index (χ0) is 42.8. The number of carbonyl (C=O) groups excluding carboxylic acids is 6. The number of phenolic OH excluding ortho intramolecular Hbond substituents is 1. The number of aromatic hydroxyl groups is 1. The van der Waals surface area contributed by atoms with Crippen LogP contribution < -0.4 is 43.8 Å². The second kappa shape index (κ2) is 24.0. The summed E-state index contributed by atoms with van der Waals surface area (Å²) in [6.07, 6.45) is 6.79. The molecule has 18 heteroatoms. The minimum Gasteiger partial charge on any atom is -0.508 e. The van der Waals surface area contributed by atoms with Gasteiger partial charge in [0.1, 0.15) is 42.0 Å². The lowest BCUT2D eigenvalue weighted by atomic mass is 10.0. The molecule has 13 N–H and O–H groups in total. The van der Waals surface area contributed by atoms with Crippen molar-refractivity contribution in [2.24, 2.45) is 23.1 Å². The molecular weight excluding hydrogens is 750 g/mol. The van der Waals surface area contributed by atoms with Crippen LogP contribution in [0, 0.1) is 5.92 Å². The lowest BCUT2D eigenvalue weighted by Gasteiger charge is -2.31. The number of hydrogen-bond donors (Lipinski definition) is 10. The number of benzene rings is 1. The van der Waals surface area contributed by atoms with Gasteiger partial charge in [0, 0.05) is 13.0 Å². The molecule has 6 amide bonds. The number of phenols is 1. The lowest BCUT2D eigenvalue weighted by molar-refractivity contribution is -0.144. The van der Waals surface area contributed by atoms with Crippen LogP contribution in [0.5, 0.6) is 5.75 Å². The van der Waals surface area contributed by atoms with E-state index in [-0.39, 0.29) is 63.2 Å². The van der Waals surface area contributed by atoms with Gasteiger partial charge in [-0.3, -0.25) is 28.8 Å². The minimum atomic E-state index is -1.24. The largest absolute Gasteiger partial charge is 0.508 e. The maximum Gasteiger partial charge on any atom is 0.326 e. The molecule has 1 aromatic rings. The molecule has 0 spiro atoms. The first-order chi connectivity index (χ1) is 27.6. The predicted molar refractivity (Wildman–Crippen MR) is 215 cm³/mol. The summed E-state index contributed by atoms with van der Waals surface area (Å²) in [5, 5.41) is 33.1. The number of carboxylic acids is 1. The Morgan fingerprint density at radius 2 is 1.41 bits per heavy atom. The Balaban J connectivity index is 1.89. The molecule has 0 aliphatic carbocycles. The molecule has 2 aliphatic heterocycles. The average Bonchev–Trinajstić information content (AvgIpc) is 3.68. The molecule has 0 saturated carbocycles. The number of amides is 6. The number of aliphatic carboxylic acids is 1. The fourth-order valence-electron chi connectivity index (χ4n) is 6.96.